The van der Waals surface area contributed by atoms with Gasteiger partial charge in [-0.2, -0.15) is 0 Å². The molecule has 12 N–H and O–H groups in total. The van der Waals surface area contributed by atoms with Crippen molar-refractivity contribution in [3.8, 4) is 0 Å². The van der Waals surface area contributed by atoms with E-state index in [-0.39, 0.29) is 18.9 Å². The normalized spacial score (nSPS) is 34.3. The average Bonchev–Trinajstić information content (AvgIpc) is 3.30. The van der Waals surface area contributed by atoms with Crippen molar-refractivity contribution in [2.75, 3.05) is 26.4 Å². The number of unbranched alkanes of at least 4 members (excludes halogenated alkanes) is 14. The highest BCUT2D eigenvalue weighted by Gasteiger charge is 2.53. The van der Waals surface area contributed by atoms with Crippen LogP contribution in [0.25, 0.3) is 0 Å². The molecule has 0 aromatic carbocycles. The molecule has 1 amide bonds. The number of aliphatic hydroxyl groups excluding tert-OH is 11. The first-order chi connectivity index (χ1) is 31.3. The lowest BCUT2D eigenvalue weighted by atomic mass is 9.96. The molecule has 3 aliphatic rings. The summed E-state index contributed by atoms with van der Waals surface area (Å²) in [6.07, 6.45) is -0.486. The lowest BCUT2D eigenvalue weighted by molar-refractivity contribution is -0.379. The third-order valence-corrected chi connectivity index (χ3v) is 12.2. The Kier molecular flexibility index (Phi) is 28.5. The largest absolute Gasteiger partial charge is 0.394 e. The number of ether oxygens (including phenoxy) is 6. The number of rotatable bonds is 32. The molecule has 3 heterocycles. The van der Waals surface area contributed by atoms with Gasteiger partial charge < -0.3 is 89.9 Å². The van der Waals surface area contributed by atoms with Crippen molar-refractivity contribution in [3.05, 3.63) is 24.3 Å². The van der Waals surface area contributed by atoms with Crippen LogP contribution in [0.4, 0.5) is 0 Å². The zero-order chi connectivity index (χ0) is 47.7. The fraction of sp³-hybridized carbons (Fsp3) is 0.891. The fourth-order valence-corrected chi connectivity index (χ4v) is 8.15. The summed E-state index contributed by atoms with van der Waals surface area (Å²) >= 11 is 0. The Morgan fingerprint density at radius 1 is 0.538 bits per heavy atom. The van der Waals surface area contributed by atoms with Crippen LogP contribution in [0.5, 0.6) is 0 Å². The molecule has 0 saturated carbocycles. The summed E-state index contributed by atoms with van der Waals surface area (Å²) in [6, 6.07) is -0.980. The van der Waals surface area contributed by atoms with Crippen LogP contribution < -0.4 is 5.32 Å². The van der Waals surface area contributed by atoms with Crippen molar-refractivity contribution in [1.29, 1.82) is 0 Å². The number of hydrogen-bond acceptors (Lipinski definition) is 18. The van der Waals surface area contributed by atoms with Gasteiger partial charge in [0, 0.05) is 6.42 Å². The summed E-state index contributed by atoms with van der Waals surface area (Å²) in [7, 11) is 0. The van der Waals surface area contributed by atoms with Crippen molar-refractivity contribution in [2.24, 2.45) is 0 Å². The molecule has 0 radical (unpaired) electrons. The van der Waals surface area contributed by atoms with E-state index in [4.69, 9.17) is 28.4 Å². The van der Waals surface area contributed by atoms with Gasteiger partial charge in [0.25, 0.3) is 0 Å². The Balaban J connectivity index is 1.57. The summed E-state index contributed by atoms with van der Waals surface area (Å²) in [4.78, 5) is 13.1. The summed E-state index contributed by atoms with van der Waals surface area (Å²) in [5.74, 6) is -0.293. The van der Waals surface area contributed by atoms with Crippen LogP contribution >= 0.6 is 0 Å². The van der Waals surface area contributed by atoms with Gasteiger partial charge in [0.2, 0.25) is 5.91 Å². The quantitative estimate of drug-likeness (QED) is 0.0322. The zero-order valence-corrected chi connectivity index (χ0v) is 38.5. The van der Waals surface area contributed by atoms with Crippen molar-refractivity contribution in [3.63, 3.8) is 0 Å². The van der Waals surface area contributed by atoms with E-state index in [1.54, 1.807) is 12.2 Å². The van der Waals surface area contributed by atoms with E-state index in [1.807, 2.05) is 0 Å². The monoisotopic (exact) mass is 938 g/mol. The second-order valence-electron chi connectivity index (χ2n) is 17.6. The Bertz CT molecular complexity index is 1310. The highest BCUT2D eigenvalue weighted by Crippen LogP contribution is 2.33. The molecule has 0 bridgehead atoms. The smallest absolute Gasteiger partial charge is 0.220 e. The van der Waals surface area contributed by atoms with Crippen LogP contribution in [0.3, 0.4) is 0 Å². The lowest BCUT2D eigenvalue weighted by Gasteiger charge is -2.48. The highest BCUT2D eigenvalue weighted by atomic mass is 16.8. The van der Waals surface area contributed by atoms with Crippen molar-refractivity contribution in [2.45, 2.75) is 234 Å². The maximum Gasteiger partial charge on any atom is 0.220 e. The molecule has 380 valence electrons. The second-order valence-corrected chi connectivity index (χ2v) is 17.6. The van der Waals surface area contributed by atoms with Crippen molar-refractivity contribution in [1.82, 2.24) is 5.32 Å². The summed E-state index contributed by atoms with van der Waals surface area (Å²) in [5.41, 5.74) is 0. The number of hydrogen-bond donors (Lipinski definition) is 12. The molecule has 19 nitrogen and oxygen atoms in total. The molecule has 3 fully saturated rings. The number of aliphatic hydroxyl groups is 11. The van der Waals surface area contributed by atoms with Crippen LogP contribution in [-0.2, 0) is 33.2 Å². The third kappa shape index (κ3) is 18.9. The molecule has 0 aromatic heterocycles. The SMILES string of the molecule is CCC/C=C/CC/C=C/C(O)C(COC1OC(CO)C(OC2OC(CO)C(OC3OC(CO)C(O)C(O)C3O)C(O)C2O)C(O)C1O)NC(=O)CCCCCCCCCCCCCCC. The summed E-state index contributed by atoms with van der Waals surface area (Å²) < 4.78 is 33.9. The van der Waals surface area contributed by atoms with Crippen molar-refractivity contribution >= 4 is 5.91 Å². The molecular weight excluding hydrogens is 854 g/mol. The van der Waals surface area contributed by atoms with E-state index < -0.39 is 124 Å². The lowest BCUT2D eigenvalue weighted by Crippen LogP contribution is -2.66. The van der Waals surface area contributed by atoms with Crippen LogP contribution in [0, 0.1) is 0 Å². The van der Waals surface area contributed by atoms with E-state index in [0.717, 1.165) is 38.5 Å². The van der Waals surface area contributed by atoms with Crippen LogP contribution in [0.1, 0.15) is 129 Å². The molecule has 3 rings (SSSR count). The second kappa shape index (κ2) is 32.2. The number of amides is 1. The number of allylic oxidation sites excluding steroid dienone is 3. The summed E-state index contributed by atoms with van der Waals surface area (Å²) in [5, 5.41) is 119. The average molecular weight is 938 g/mol. The van der Waals surface area contributed by atoms with E-state index in [9.17, 15) is 61.0 Å². The molecule has 19 heteroatoms. The molecule has 65 heavy (non-hydrogen) atoms. The van der Waals surface area contributed by atoms with E-state index in [0.29, 0.717) is 12.8 Å². The van der Waals surface area contributed by atoms with Gasteiger partial charge in [-0.25, -0.2) is 0 Å². The van der Waals surface area contributed by atoms with Gasteiger partial charge in [0.15, 0.2) is 18.9 Å². The third-order valence-electron chi connectivity index (χ3n) is 12.2. The minimum Gasteiger partial charge on any atom is -0.394 e. The van der Waals surface area contributed by atoms with Crippen LogP contribution in [0.2, 0.25) is 0 Å². The molecule has 0 aliphatic carbocycles. The first-order valence-electron chi connectivity index (χ1n) is 24.1. The van der Waals surface area contributed by atoms with Gasteiger partial charge >= 0.3 is 0 Å². The molecule has 17 atom stereocenters. The maximum absolute atomic E-state index is 13.1. The Hall–Kier alpha value is -1.73. The molecule has 0 aromatic rings. The highest BCUT2D eigenvalue weighted by molar-refractivity contribution is 5.76. The molecule has 3 aliphatic heterocycles. The fourth-order valence-electron chi connectivity index (χ4n) is 8.15. The van der Waals surface area contributed by atoms with Gasteiger partial charge in [-0.15, -0.1) is 0 Å². The number of nitrogens with one attached hydrogen (secondary N) is 1. The Morgan fingerprint density at radius 2 is 0.985 bits per heavy atom. The van der Waals surface area contributed by atoms with Gasteiger partial charge in [0.05, 0.1) is 38.6 Å². The van der Waals surface area contributed by atoms with Gasteiger partial charge in [-0.05, 0) is 25.7 Å². The number of carbonyl (C=O) groups is 1. The van der Waals surface area contributed by atoms with E-state index in [2.05, 4.69) is 31.3 Å². The minimum absolute atomic E-state index is 0.237. The predicted molar refractivity (Wildman–Crippen MR) is 236 cm³/mol. The topological polar surface area (TPSA) is 307 Å². The van der Waals surface area contributed by atoms with Crippen LogP contribution in [0.15, 0.2) is 24.3 Å². The first-order valence-corrected chi connectivity index (χ1v) is 24.1. The molecule has 3 saturated heterocycles. The minimum atomic E-state index is -1.98. The van der Waals surface area contributed by atoms with Gasteiger partial charge in [0.1, 0.15) is 73.2 Å². The standard InChI is InChI=1S/C46H83NO18/c1-3-5-7-9-11-12-13-14-15-16-18-20-22-24-34(52)47-29(30(51)23-21-19-17-10-8-6-4-2)28-60-44-40(58)37(55)42(32(26-49)62-44)65-46-41(59)38(56)43(33(27-50)63-46)64-45-39(57)36(54)35(53)31(25-48)61-45/h8,10,21,23,29-33,35-46,48-51,53-59H,3-7,9,11-20,22,24-28H2,1-2H3,(H,47,52)/b10-8+,23-21+. The molecular formula is C46H83NO18. The molecule has 0 spiro atoms. The molecule has 17 unspecified atom stereocenters. The Labute approximate surface area is 384 Å². The first kappa shape index (κ1) is 57.6. The van der Waals surface area contributed by atoms with Gasteiger partial charge in [-0.1, -0.05) is 122 Å². The summed E-state index contributed by atoms with van der Waals surface area (Å²) in [6.45, 7) is 1.53. The van der Waals surface area contributed by atoms with Crippen molar-refractivity contribution < 1.29 is 89.4 Å². The van der Waals surface area contributed by atoms with Gasteiger partial charge in [-0.3, -0.25) is 4.79 Å². The van der Waals surface area contributed by atoms with E-state index >= 15 is 0 Å². The zero-order valence-electron chi connectivity index (χ0n) is 38.5. The predicted octanol–water partition coefficient (Wildman–Crippen LogP) is 0.471. The van der Waals surface area contributed by atoms with Crippen LogP contribution in [-0.4, -0.2) is 193 Å². The Morgan fingerprint density at radius 3 is 1.51 bits per heavy atom. The number of carbonyl (C=O) groups excluding carboxylic acids is 1. The van der Waals surface area contributed by atoms with E-state index in [1.165, 1.54) is 57.8 Å². The maximum atomic E-state index is 13.1.